The number of nitrogens with one attached hydrogen (secondary N) is 1. The highest BCUT2D eigenvalue weighted by Gasteiger charge is 2.22. The molecule has 0 spiro atoms. The van der Waals surface area contributed by atoms with Gasteiger partial charge < -0.3 is 5.32 Å². The van der Waals surface area contributed by atoms with Crippen LogP contribution in [0.1, 0.15) is 18.0 Å². The molecule has 0 radical (unpaired) electrons. The van der Waals surface area contributed by atoms with E-state index < -0.39 is 0 Å². The van der Waals surface area contributed by atoms with Crippen molar-refractivity contribution in [2.45, 2.75) is 12.5 Å². The van der Waals surface area contributed by atoms with E-state index in [1.165, 1.54) is 12.1 Å². The lowest BCUT2D eigenvalue weighted by molar-refractivity contribution is 0.174. The first-order chi connectivity index (χ1) is 8.72. The van der Waals surface area contributed by atoms with Gasteiger partial charge in [-0.15, -0.1) is 19.0 Å². The van der Waals surface area contributed by atoms with Crippen molar-refractivity contribution in [2.75, 3.05) is 26.2 Å². The van der Waals surface area contributed by atoms with E-state index in [9.17, 15) is 4.39 Å². The Kier molecular flexibility index (Phi) is 6.80. The van der Waals surface area contributed by atoms with Crippen LogP contribution in [-0.4, -0.2) is 31.1 Å². The van der Waals surface area contributed by atoms with Crippen LogP contribution < -0.4 is 5.32 Å². The Labute approximate surface area is 125 Å². The minimum absolute atomic E-state index is 0. The fourth-order valence-corrected chi connectivity index (χ4v) is 2.69. The maximum Gasteiger partial charge on any atom is 0.124 e. The Hall–Kier alpha value is -0.610. The standard InChI is InChI=1S/C14H18ClFN2.ClH/c1-2-3-14(18-8-6-17-7-9-18)12-5-4-11(16)10-13(12)15;/h2,4-5,10,14,17H,1,3,6-9H2;1H/t14-;/m1./s1. The van der Waals surface area contributed by atoms with Crippen LogP contribution >= 0.6 is 24.0 Å². The van der Waals surface area contributed by atoms with E-state index in [4.69, 9.17) is 11.6 Å². The maximum absolute atomic E-state index is 13.1. The molecule has 0 unspecified atom stereocenters. The number of hydrogen-bond acceptors (Lipinski definition) is 2. The van der Waals surface area contributed by atoms with E-state index >= 15 is 0 Å². The Bertz CT molecular complexity index is 420. The first-order valence-corrected chi connectivity index (χ1v) is 6.61. The summed E-state index contributed by atoms with van der Waals surface area (Å²) in [5.41, 5.74) is 0.986. The second kappa shape index (κ2) is 7.85. The summed E-state index contributed by atoms with van der Waals surface area (Å²) in [6.45, 7) is 7.72. The molecule has 1 fully saturated rings. The number of halogens is 3. The topological polar surface area (TPSA) is 15.3 Å². The minimum Gasteiger partial charge on any atom is -0.314 e. The summed E-state index contributed by atoms with van der Waals surface area (Å²) in [5.74, 6) is -0.290. The fraction of sp³-hybridized carbons (Fsp3) is 0.429. The monoisotopic (exact) mass is 304 g/mol. The first kappa shape index (κ1) is 16.4. The molecule has 2 nitrogen and oxygen atoms in total. The van der Waals surface area contributed by atoms with Gasteiger partial charge in [-0.2, -0.15) is 0 Å². The Morgan fingerprint density at radius 3 is 2.68 bits per heavy atom. The van der Waals surface area contributed by atoms with Gasteiger partial charge in [-0.3, -0.25) is 4.90 Å². The normalized spacial score (nSPS) is 17.6. The highest BCUT2D eigenvalue weighted by molar-refractivity contribution is 6.31. The quantitative estimate of drug-likeness (QED) is 0.858. The van der Waals surface area contributed by atoms with Crippen molar-refractivity contribution in [1.29, 1.82) is 0 Å². The Morgan fingerprint density at radius 1 is 1.42 bits per heavy atom. The van der Waals surface area contributed by atoms with Crippen molar-refractivity contribution >= 4 is 24.0 Å². The molecule has 1 atom stereocenters. The second-order valence-electron chi connectivity index (χ2n) is 4.49. The molecule has 0 aromatic heterocycles. The number of piperazine rings is 1. The summed E-state index contributed by atoms with van der Waals surface area (Å²) in [4.78, 5) is 2.37. The lowest BCUT2D eigenvalue weighted by Gasteiger charge is -2.35. The summed E-state index contributed by atoms with van der Waals surface area (Å²) < 4.78 is 13.1. The SMILES string of the molecule is C=CC[C@H](c1ccc(F)cc1Cl)N1CCNCC1.Cl. The van der Waals surface area contributed by atoms with E-state index in [0.29, 0.717) is 5.02 Å². The zero-order valence-corrected chi connectivity index (χ0v) is 12.3. The summed E-state index contributed by atoms with van der Waals surface area (Å²) in [6, 6.07) is 4.83. The zero-order valence-electron chi connectivity index (χ0n) is 10.7. The zero-order chi connectivity index (χ0) is 13.0. The van der Waals surface area contributed by atoms with Gasteiger partial charge in [0.25, 0.3) is 0 Å². The van der Waals surface area contributed by atoms with Crippen LogP contribution in [0.2, 0.25) is 5.02 Å². The molecule has 1 aliphatic rings. The van der Waals surface area contributed by atoms with E-state index in [1.807, 2.05) is 6.08 Å². The van der Waals surface area contributed by atoms with Gasteiger partial charge in [-0.05, 0) is 24.1 Å². The third kappa shape index (κ3) is 4.18. The van der Waals surface area contributed by atoms with Gasteiger partial charge in [0, 0.05) is 37.2 Å². The Balaban J connectivity index is 0.00000180. The predicted octanol–water partition coefficient (Wildman–Crippen LogP) is 3.42. The molecule has 106 valence electrons. The van der Waals surface area contributed by atoms with Crippen LogP contribution in [0.5, 0.6) is 0 Å². The maximum atomic E-state index is 13.1. The van der Waals surface area contributed by atoms with Crippen molar-refractivity contribution in [3.63, 3.8) is 0 Å². The van der Waals surface area contributed by atoms with Crippen LogP contribution in [0.15, 0.2) is 30.9 Å². The summed E-state index contributed by atoms with van der Waals surface area (Å²) in [7, 11) is 0. The van der Waals surface area contributed by atoms with Gasteiger partial charge >= 0.3 is 0 Å². The molecular weight excluding hydrogens is 286 g/mol. The van der Waals surface area contributed by atoms with Crippen molar-refractivity contribution in [3.05, 3.63) is 47.3 Å². The fourth-order valence-electron chi connectivity index (χ4n) is 2.40. The Morgan fingerprint density at radius 2 is 2.11 bits per heavy atom. The van der Waals surface area contributed by atoms with Gasteiger partial charge in [-0.25, -0.2) is 4.39 Å². The number of nitrogens with zero attached hydrogens (tertiary/aromatic N) is 1. The molecular formula is C14H19Cl2FN2. The van der Waals surface area contributed by atoms with Gasteiger partial charge in [-0.1, -0.05) is 23.7 Å². The molecule has 1 N–H and O–H groups in total. The van der Waals surface area contributed by atoms with E-state index in [-0.39, 0.29) is 24.3 Å². The molecule has 0 saturated carbocycles. The minimum atomic E-state index is -0.290. The third-order valence-corrected chi connectivity index (χ3v) is 3.63. The van der Waals surface area contributed by atoms with E-state index in [2.05, 4.69) is 16.8 Å². The van der Waals surface area contributed by atoms with Crippen LogP contribution in [0.4, 0.5) is 4.39 Å². The molecule has 1 heterocycles. The largest absolute Gasteiger partial charge is 0.314 e. The van der Waals surface area contributed by atoms with Gasteiger partial charge in [0.15, 0.2) is 0 Å². The van der Waals surface area contributed by atoms with Crippen LogP contribution in [-0.2, 0) is 0 Å². The third-order valence-electron chi connectivity index (χ3n) is 3.30. The molecule has 19 heavy (non-hydrogen) atoms. The molecule has 1 saturated heterocycles. The molecule has 5 heteroatoms. The molecule has 1 aromatic carbocycles. The lowest BCUT2D eigenvalue weighted by Crippen LogP contribution is -2.45. The molecule has 1 aromatic rings. The molecule has 0 amide bonds. The van der Waals surface area contributed by atoms with Crippen molar-refractivity contribution in [2.24, 2.45) is 0 Å². The van der Waals surface area contributed by atoms with Crippen molar-refractivity contribution < 1.29 is 4.39 Å². The van der Waals surface area contributed by atoms with Crippen molar-refractivity contribution in [3.8, 4) is 0 Å². The van der Waals surface area contributed by atoms with Crippen molar-refractivity contribution in [1.82, 2.24) is 10.2 Å². The summed E-state index contributed by atoms with van der Waals surface area (Å²) in [6.07, 6.45) is 2.72. The van der Waals surface area contributed by atoms with Gasteiger partial charge in [0.1, 0.15) is 5.82 Å². The summed E-state index contributed by atoms with van der Waals surface area (Å²) >= 11 is 6.16. The van der Waals surface area contributed by atoms with E-state index in [0.717, 1.165) is 38.2 Å². The van der Waals surface area contributed by atoms with E-state index in [1.54, 1.807) is 6.07 Å². The number of hydrogen-bond donors (Lipinski definition) is 1. The van der Waals surface area contributed by atoms with Crippen LogP contribution in [0.25, 0.3) is 0 Å². The van der Waals surface area contributed by atoms with Crippen LogP contribution in [0.3, 0.4) is 0 Å². The molecule has 0 aliphatic carbocycles. The highest BCUT2D eigenvalue weighted by atomic mass is 35.5. The lowest BCUT2D eigenvalue weighted by atomic mass is 10.0. The second-order valence-corrected chi connectivity index (χ2v) is 4.90. The average molecular weight is 305 g/mol. The molecule has 2 rings (SSSR count). The number of benzene rings is 1. The first-order valence-electron chi connectivity index (χ1n) is 6.23. The summed E-state index contributed by atoms with van der Waals surface area (Å²) in [5, 5.41) is 3.83. The smallest absolute Gasteiger partial charge is 0.124 e. The molecule has 1 aliphatic heterocycles. The van der Waals surface area contributed by atoms with Gasteiger partial charge in [0.2, 0.25) is 0 Å². The number of rotatable bonds is 4. The highest BCUT2D eigenvalue weighted by Crippen LogP contribution is 2.31. The molecule has 0 bridgehead atoms. The van der Waals surface area contributed by atoms with Gasteiger partial charge in [0.05, 0.1) is 0 Å². The predicted molar refractivity (Wildman–Crippen MR) is 80.7 cm³/mol. The van der Waals surface area contributed by atoms with Crippen LogP contribution in [0, 0.1) is 5.82 Å². The average Bonchev–Trinajstić information content (AvgIpc) is 2.38.